The molecule has 0 unspecified atom stereocenters. The molecule has 2 rings (SSSR count). The van der Waals surface area contributed by atoms with Gasteiger partial charge in [-0.25, -0.2) is 13.8 Å². The molecule has 0 radical (unpaired) electrons. The lowest BCUT2D eigenvalue weighted by atomic mass is 10.3. The number of rotatable bonds is 2. The Balaban J connectivity index is 2.50. The number of nitrogens with zero attached hydrogens (tertiary/aromatic N) is 2. The highest BCUT2D eigenvalue weighted by Crippen LogP contribution is 2.16. The van der Waals surface area contributed by atoms with E-state index >= 15 is 0 Å². The van der Waals surface area contributed by atoms with E-state index in [1.54, 1.807) is 24.0 Å². The van der Waals surface area contributed by atoms with E-state index in [1.807, 2.05) is 0 Å². The average Bonchev–Trinajstić information content (AvgIpc) is 2.70. The van der Waals surface area contributed by atoms with Crippen LogP contribution in [0.4, 0.5) is 14.7 Å². The first kappa shape index (κ1) is 9.64. The van der Waals surface area contributed by atoms with Crippen LogP contribution in [0.5, 0.6) is 0 Å². The predicted octanol–water partition coefficient (Wildman–Crippen LogP) is 2.19. The minimum atomic E-state index is -0.872. The Morgan fingerprint density at radius 1 is 1.27 bits per heavy atom. The summed E-state index contributed by atoms with van der Waals surface area (Å²) >= 11 is 0. The Labute approximate surface area is 85.4 Å². The molecule has 0 aliphatic heterocycles. The number of halogens is 2. The van der Waals surface area contributed by atoms with Crippen molar-refractivity contribution in [3.63, 3.8) is 0 Å². The summed E-state index contributed by atoms with van der Waals surface area (Å²) in [7, 11) is 1.71. The molecule has 0 amide bonds. The third-order valence-electron chi connectivity index (χ3n) is 2.05. The lowest BCUT2D eigenvalue weighted by Crippen LogP contribution is -2.01. The molecule has 0 bridgehead atoms. The van der Waals surface area contributed by atoms with Gasteiger partial charge in [0.2, 0.25) is 5.95 Å². The second kappa shape index (κ2) is 3.68. The van der Waals surface area contributed by atoms with Crippen LogP contribution in [0, 0.1) is 11.6 Å². The van der Waals surface area contributed by atoms with Crippen molar-refractivity contribution < 1.29 is 8.78 Å². The molecular formula is C10H9F2N3. The second-order valence-corrected chi connectivity index (χ2v) is 2.97. The topological polar surface area (TPSA) is 29.9 Å². The number of benzene rings is 1. The molecule has 0 fully saturated rings. The predicted molar refractivity (Wildman–Crippen MR) is 53.0 cm³/mol. The third-order valence-corrected chi connectivity index (χ3v) is 2.05. The smallest absolute Gasteiger partial charge is 0.207 e. The Morgan fingerprint density at radius 3 is 2.73 bits per heavy atom. The van der Waals surface area contributed by atoms with Crippen LogP contribution in [-0.4, -0.2) is 16.6 Å². The summed E-state index contributed by atoms with van der Waals surface area (Å²) in [6.07, 6.45) is 3.24. The minimum Gasteiger partial charge on any atom is -0.358 e. The number of hydrogen-bond acceptors (Lipinski definition) is 2. The van der Waals surface area contributed by atoms with Gasteiger partial charge in [-0.15, -0.1) is 0 Å². The maximum absolute atomic E-state index is 13.0. The molecule has 1 aromatic carbocycles. The summed E-state index contributed by atoms with van der Waals surface area (Å²) < 4.78 is 27.3. The molecule has 1 N–H and O–H groups in total. The summed E-state index contributed by atoms with van der Waals surface area (Å²) in [5.41, 5.74) is 0.524. The summed E-state index contributed by atoms with van der Waals surface area (Å²) in [5, 5.41) is 2.84. The van der Waals surface area contributed by atoms with Crippen LogP contribution in [0.25, 0.3) is 5.69 Å². The quantitative estimate of drug-likeness (QED) is 0.821. The van der Waals surface area contributed by atoms with Crippen LogP contribution in [0.1, 0.15) is 0 Å². The fraction of sp³-hybridized carbons (Fsp3) is 0.100. The summed E-state index contributed by atoms with van der Waals surface area (Å²) in [4.78, 5) is 4.00. The SMILES string of the molecule is CNc1nccn1-c1ccc(F)c(F)c1. The van der Waals surface area contributed by atoms with Gasteiger partial charge in [-0.05, 0) is 12.1 Å². The van der Waals surface area contributed by atoms with Crippen LogP contribution in [-0.2, 0) is 0 Å². The van der Waals surface area contributed by atoms with E-state index in [1.165, 1.54) is 6.07 Å². The summed E-state index contributed by atoms with van der Waals surface area (Å²) in [6.45, 7) is 0. The minimum absolute atomic E-state index is 0.524. The molecule has 5 heteroatoms. The highest BCUT2D eigenvalue weighted by Gasteiger charge is 2.06. The van der Waals surface area contributed by atoms with Crippen LogP contribution >= 0.6 is 0 Å². The molecule has 0 saturated carbocycles. The van der Waals surface area contributed by atoms with Gasteiger partial charge in [0.1, 0.15) is 0 Å². The highest BCUT2D eigenvalue weighted by atomic mass is 19.2. The van der Waals surface area contributed by atoms with Gasteiger partial charge in [-0.2, -0.15) is 0 Å². The second-order valence-electron chi connectivity index (χ2n) is 2.97. The van der Waals surface area contributed by atoms with Crippen molar-refractivity contribution in [1.82, 2.24) is 9.55 Å². The molecule has 78 valence electrons. The zero-order valence-electron chi connectivity index (χ0n) is 8.04. The van der Waals surface area contributed by atoms with Crippen molar-refractivity contribution in [2.45, 2.75) is 0 Å². The normalized spacial score (nSPS) is 10.3. The van der Waals surface area contributed by atoms with E-state index in [4.69, 9.17) is 0 Å². The number of imidazole rings is 1. The molecule has 0 aliphatic rings. The van der Waals surface area contributed by atoms with Gasteiger partial charge < -0.3 is 5.32 Å². The van der Waals surface area contributed by atoms with Crippen molar-refractivity contribution in [2.24, 2.45) is 0 Å². The maximum Gasteiger partial charge on any atom is 0.207 e. The van der Waals surface area contributed by atoms with Gasteiger partial charge in [-0.3, -0.25) is 4.57 Å². The number of hydrogen-bond donors (Lipinski definition) is 1. The first-order chi connectivity index (χ1) is 7.22. The van der Waals surface area contributed by atoms with Crippen LogP contribution in [0.2, 0.25) is 0 Å². The highest BCUT2D eigenvalue weighted by molar-refractivity contribution is 5.41. The summed E-state index contributed by atoms with van der Waals surface area (Å²) in [6, 6.07) is 3.70. The van der Waals surface area contributed by atoms with Gasteiger partial charge in [0.25, 0.3) is 0 Å². The molecule has 1 aromatic heterocycles. The molecular weight excluding hydrogens is 200 g/mol. The van der Waals surface area contributed by atoms with Crippen LogP contribution < -0.4 is 5.32 Å². The Bertz CT molecular complexity index is 479. The lowest BCUT2D eigenvalue weighted by molar-refractivity contribution is 0.508. The van der Waals surface area contributed by atoms with Gasteiger partial charge in [0.05, 0.1) is 5.69 Å². The lowest BCUT2D eigenvalue weighted by Gasteiger charge is -2.06. The molecule has 15 heavy (non-hydrogen) atoms. The van der Waals surface area contributed by atoms with Gasteiger partial charge in [0, 0.05) is 25.5 Å². The number of nitrogens with one attached hydrogen (secondary N) is 1. The van der Waals surface area contributed by atoms with Crippen molar-refractivity contribution in [3.8, 4) is 5.69 Å². The van der Waals surface area contributed by atoms with E-state index in [-0.39, 0.29) is 0 Å². The van der Waals surface area contributed by atoms with E-state index in [9.17, 15) is 8.78 Å². The molecule has 0 spiro atoms. The van der Waals surface area contributed by atoms with Gasteiger partial charge >= 0.3 is 0 Å². The first-order valence-corrected chi connectivity index (χ1v) is 4.39. The monoisotopic (exact) mass is 209 g/mol. The molecule has 0 aliphatic carbocycles. The fourth-order valence-electron chi connectivity index (χ4n) is 1.33. The molecule has 1 heterocycles. The maximum atomic E-state index is 13.0. The van der Waals surface area contributed by atoms with Crippen LogP contribution in [0.3, 0.4) is 0 Å². The largest absolute Gasteiger partial charge is 0.358 e. The standard InChI is InChI=1S/C10H9F2N3/c1-13-10-14-4-5-15(10)7-2-3-8(11)9(12)6-7/h2-6H,1H3,(H,13,14). The van der Waals surface area contributed by atoms with Crippen molar-refractivity contribution in [3.05, 3.63) is 42.2 Å². The number of aromatic nitrogens is 2. The Kier molecular flexibility index (Phi) is 2.37. The molecule has 0 atom stereocenters. The summed E-state index contributed by atoms with van der Waals surface area (Å²) in [5.74, 6) is -1.16. The van der Waals surface area contributed by atoms with Crippen molar-refractivity contribution >= 4 is 5.95 Å². The molecule has 3 nitrogen and oxygen atoms in total. The zero-order valence-corrected chi connectivity index (χ0v) is 8.04. The molecule has 2 aromatic rings. The van der Waals surface area contributed by atoms with Gasteiger partial charge in [-0.1, -0.05) is 0 Å². The van der Waals surface area contributed by atoms with E-state index < -0.39 is 11.6 Å². The van der Waals surface area contributed by atoms with E-state index in [2.05, 4.69) is 10.3 Å². The van der Waals surface area contributed by atoms with Crippen molar-refractivity contribution in [2.75, 3.05) is 12.4 Å². The van der Waals surface area contributed by atoms with Crippen LogP contribution in [0.15, 0.2) is 30.6 Å². The third kappa shape index (κ3) is 1.68. The zero-order chi connectivity index (χ0) is 10.8. The Hall–Kier alpha value is -1.91. The average molecular weight is 209 g/mol. The first-order valence-electron chi connectivity index (χ1n) is 4.39. The van der Waals surface area contributed by atoms with E-state index in [0.29, 0.717) is 11.6 Å². The van der Waals surface area contributed by atoms with Crippen molar-refractivity contribution in [1.29, 1.82) is 0 Å². The van der Waals surface area contributed by atoms with E-state index in [0.717, 1.165) is 12.1 Å². The molecule has 0 saturated heterocycles. The number of anilines is 1. The van der Waals surface area contributed by atoms with Gasteiger partial charge in [0.15, 0.2) is 11.6 Å². The fourth-order valence-corrected chi connectivity index (χ4v) is 1.33. The Morgan fingerprint density at radius 2 is 2.07 bits per heavy atom.